The van der Waals surface area contributed by atoms with Crippen molar-refractivity contribution in [1.82, 2.24) is 0 Å². The topological polar surface area (TPSA) is 76.9 Å². The lowest BCUT2D eigenvalue weighted by atomic mass is 9.82. The molecule has 2 aromatic rings. The number of nitrogens with zero attached hydrogens (tertiary/aromatic N) is 1. The summed E-state index contributed by atoms with van der Waals surface area (Å²) in [5, 5.41) is 14.2. The van der Waals surface area contributed by atoms with E-state index in [0.717, 1.165) is 38.4 Å². The second-order valence-corrected chi connectivity index (χ2v) is 8.41. The predicted molar refractivity (Wildman–Crippen MR) is 118 cm³/mol. The van der Waals surface area contributed by atoms with Crippen molar-refractivity contribution in [2.45, 2.75) is 19.4 Å². The van der Waals surface area contributed by atoms with Crippen LogP contribution in [0.3, 0.4) is 0 Å². The first-order chi connectivity index (χ1) is 15.1. The molecule has 6 nitrogen and oxygen atoms in total. The Morgan fingerprint density at radius 2 is 1.58 bits per heavy atom. The van der Waals surface area contributed by atoms with Crippen molar-refractivity contribution in [3.05, 3.63) is 72.3 Å². The maximum atomic E-state index is 12.6. The van der Waals surface area contributed by atoms with Crippen LogP contribution in [0.5, 0.6) is 0 Å². The largest absolute Gasteiger partial charge is 0.550 e. The molecule has 2 atom stereocenters. The number of amides is 1. The van der Waals surface area contributed by atoms with Crippen LogP contribution in [0.25, 0.3) is 0 Å². The Hall–Kier alpha value is -3.12. The summed E-state index contributed by atoms with van der Waals surface area (Å²) in [6.07, 6.45) is 4.45. The minimum absolute atomic E-state index is 0.260. The zero-order valence-electron chi connectivity index (χ0n) is 17.6. The maximum Gasteiger partial charge on any atom is 0.228 e. The number of quaternary nitrogens is 1. The van der Waals surface area contributed by atoms with E-state index in [2.05, 4.69) is 40.5 Å². The van der Waals surface area contributed by atoms with E-state index >= 15 is 0 Å². The molecular weight excluding hydrogens is 390 g/mol. The molecule has 1 saturated heterocycles. The lowest BCUT2D eigenvalue weighted by molar-refractivity contribution is -0.914. The van der Waals surface area contributed by atoms with Crippen LogP contribution in [0, 0.1) is 11.8 Å². The highest BCUT2D eigenvalue weighted by Crippen LogP contribution is 2.27. The van der Waals surface area contributed by atoms with Crippen molar-refractivity contribution in [2.75, 3.05) is 36.4 Å². The number of carboxylic acids is 1. The Morgan fingerprint density at radius 3 is 2.23 bits per heavy atom. The second-order valence-electron chi connectivity index (χ2n) is 8.41. The van der Waals surface area contributed by atoms with E-state index in [0.29, 0.717) is 18.5 Å². The number of hydrogen-bond acceptors (Lipinski definition) is 4. The number of carbonyl (C=O) groups excluding carboxylic acids is 2. The number of piperazine rings is 1. The summed E-state index contributed by atoms with van der Waals surface area (Å²) < 4.78 is 0. The summed E-state index contributed by atoms with van der Waals surface area (Å²) in [7, 11) is 0. The quantitative estimate of drug-likeness (QED) is 0.681. The van der Waals surface area contributed by atoms with Gasteiger partial charge in [-0.05, 0) is 37.1 Å². The minimum Gasteiger partial charge on any atom is -0.550 e. The van der Waals surface area contributed by atoms with Crippen molar-refractivity contribution < 1.29 is 19.6 Å². The number of hydrogen-bond donors (Lipinski definition) is 2. The molecule has 162 valence electrons. The zero-order valence-corrected chi connectivity index (χ0v) is 17.6. The first kappa shape index (κ1) is 21.1. The van der Waals surface area contributed by atoms with Crippen molar-refractivity contribution in [2.24, 2.45) is 11.8 Å². The number of rotatable bonds is 6. The molecule has 31 heavy (non-hydrogen) atoms. The average molecular weight is 420 g/mol. The first-order valence-electron chi connectivity index (χ1n) is 11.0. The van der Waals surface area contributed by atoms with Crippen molar-refractivity contribution >= 4 is 23.3 Å². The van der Waals surface area contributed by atoms with Crippen LogP contribution >= 0.6 is 0 Å². The lowest BCUT2D eigenvalue weighted by Gasteiger charge is -2.33. The first-order valence-corrected chi connectivity index (χ1v) is 11.0. The molecule has 0 spiro atoms. The third-order valence-corrected chi connectivity index (χ3v) is 6.34. The summed E-state index contributed by atoms with van der Waals surface area (Å²) in [5.41, 5.74) is 3.21. The zero-order chi connectivity index (χ0) is 21.6. The summed E-state index contributed by atoms with van der Waals surface area (Å²) in [5.74, 6) is -2.77. The number of carbonyl (C=O) groups is 2. The molecule has 2 aliphatic rings. The Morgan fingerprint density at radius 1 is 0.935 bits per heavy atom. The van der Waals surface area contributed by atoms with Crippen molar-refractivity contribution in [3.63, 3.8) is 0 Å². The highest BCUT2D eigenvalue weighted by Gasteiger charge is 2.30. The maximum absolute atomic E-state index is 12.6. The Balaban J connectivity index is 1.30. The van der Waals surface area contributed by atoms with E-state index in [4.69, 9.17) is 0 Å². The van der Waals surface area contributed by atoms with E-state index in [9.17, 15) is 14.7 Å². The monoisotopic (exact) mass is 419 g/mol. The number of anilines is 2. The van der Waals surface area contributed by atoms with Gasteiger partial charge in [-0.1, -0.05) is 42.5 Å². The molecule has 1 aliphatic carbocycles. The molecule has 0 radical (unpaired) electrons. The Labute approximate surface area is 183 Å². The highest BCUT2D eigenvalue weighted by atomic mass is 16.4. The fourth-order valence-corrected chi connectivity index (χ4v) is 4.50. The van der Waals surface area contributed by atoms with Gasteiger partial charge in [-0.15, -0.1) is 0 Å². The van der Waals surface area contributed by atoms with E-state index in [1.165, 1.54) is 5.56 Å². The number of benzene rings is 2. The standard InChI is InChI=1S/C25H29N3O3/c29-24(22-8-4-5-9-23(22)25(30)31)26-20-10-12-21(13-11-20)28-16-14-27(15-17-28)18-19-6-2-1-3-7-19/h1-7,10-13,22-23H,8-9,14-18H2,(H,26,29)(H,30,31)/t22-,23-/m1/s1. The molecule has 0 aromatic heterocycles. The molecule has 0 saturated carbocycles. The van der Waals surface area contributed by atoms with Gasteiger partial charge in [0.2, 0.25) is 5.91 Å². The molecule has 6 heteroatoms. The Kier molecular flexibility index (Phi) is 6.67. The van der Waals surface area contributed by atoms with Gasteiger partial charge in [0.25, 0.3) is 0 Å². The van der Waals surface area contributed by atoms with E-state index in [1.807, 2.05) is 30.3 Å². The summed E-state index contributed by atoms with van der Waals surface area (Å²) in [6.45, 7) is 5.23. The smallest absolute Gasteiger partial charge is 0.228 e. The van der Waals surface area contributed by atoms with Crippen LogP contribution in [0.1, 0.15) is 18.4 Å². The number of allylic oxidation sites excluding steroid dienone is 2. The second kappa shape index (κ2) is 9.79. The Bertz CT molecular complexity index is 919. The molecule has 4 rings (SSSR count). The molecule has 1 fully saturated rings. The molecule has 2 N–H and O–H groups in total. The van der Waals surface area contributed by atoms with Gasteiger partial charge in [0.1, 0.15) is 6.54 Å². The van der Waals surface area contributed by atoms with Crippen molar-refractivity contribution in [3.8, 4) is 0 Å². The fourth-order valence-electron chi connectivity index (χ4n) is 4.50. The number of nitrogens with one attached hydrogen (secondary N) is 2. The fraction of sp³-hybridized carbons (Fsp3) is 0.360. The molecule has 2 aromatic carbocycles. The molecular formula is C25H29N3O3. The normalized spacial score (nSPS) is 21.6. The van der Waals surface area contributed by atoms with E-state index < -0.39 is 17.8 Å². The van der Waals surface area contributed by atoms with Gasteiger partial charge >= 0.3 is 0 Å². The molecule has 1 amide bonds. The molecule has 1 aliphatic heterocycles. The van der Waals surface area contributed by atoms with Gasteiger partial charge in [-0.3, -0.25) is 4.79 Å². The van der Waals surface area contributed by atoms with Crippen LogP contribution in [0.2, 0.25) is 0 Å². The molecule has 0 bridgehead atoms. The summed E-state index contributed by atoms with van der Waals surface area (Å²) >= 11 is 0. The van der Waals surface area contributed by atoms with Crippen LogP contribution < -0.4 is 20.2 Å². The van der Waals surface area contributed by atoms with Gasteiger partial charge in [-0.2, -0.15) is 0 Å². The third-order valence-electron chi connectivity index (χ3n) is 6.34. The summed E-state index contributed by atoms with van der Waals surface area (Å²) in [6, 6.07) is 18.4. The SMILES string of the molecule is O=C([O-])[C@@H]1CC=CC[C@H]1C(=O)Nc1ccc(N2CC[NH+](Cc3ccccc3)CC2)cc1. The van der Waals surface area contributed by atoms with Crippen molar-refractivity contribution in [1.29, 1.82) is 0 Å². The predicted octanol–water partition coefficient (Wildman–Crippen LogP) is 0.863. The van der Waals surface area contributed by atoms with Gasteiger partial charge in [-0.25, -0.2) is 0 Å². The third kappa shape index (κ3) is 5.33. The lowest BCUT2D eigenvalue weighted by Crippen LogP contribution is -3.13. The van der Waals surface area contributed by atoms with Gasteiger partial charge in [0.15, 0.2) is 0 Å². The number of aliphatic carboxylic acids is 1. The minimum atomic E-state index is -1.16. The molecule has 1 heterocycles. The summed E-state index contributed by atoms with van der Waals surface area (Å²) in [4.78, 5) is 27.9. The van der Waals surface area contributed by atoms with Gasteiger partial charge < -0.3 is 25.0 Å². The molecule has 0 unspecified atom stereocenters. The van der Waals surface area contributed by atoms with Crippen LogP contribution in [0.4, 0.5) is 11.4 Å². The van der Waals surface area contributed by atoms with Crippen LogP contribution in [-0.2, 0) is 16.1 Å². The van der Waals surface area contributed by atoms with Gasteiger partial charge in [0, 0.05) is 28.8 Å². The van der Waals surface area contributed by atoms with E-state index in [-0.39, 0.29) is 5.91 Å². The van der Waals surface area contributed by atoms with Crippen LogP contribution in [-0.4, -0.2) is 38.1 Å². The average Bonchev–Trinajstić information content (AvgIpc) is 2.81. The van der Waals surface area contributed by atoms with E-state index in [1.54, 1.807) is 11.0 Å². The van der Waals surface area contributed by atoms with Crippen LogP contribution in [0.15, 0.2) is 66.7 Å². The highest BCUT2D eigenvalue weighted by molar-refractivity contribution is 5.95. The van der Waals surface area contributed by atoms with Gasteiger partial charge in [0.05, 0.1) is 32.1 Å². The number of carboxylic acid groups (broad SMARTS) is 1.